The normalized spacial score (nSPS) is 16.4. The molecule has 4 N–H and O–H groups in total. The summed E-state index contributed by atoms with van der Waals surface area (Å²) in [6.07, 6.45) is -3.79. The van der Waals surface area contributed by atoms with Crippen LogP contribution in [0.5, 0.6) is 0 Å². The van der Waals surface area contributed by atoms with Gasteiger partial charge in [-0.25, -0.2) is 0 Å². The molecule has 1 aromatic heterocycles. The van der Waals surface area contributed by atoms with Crippen LogP contribution in [0.1, 0.15) is 34.6 Å². The zero-order chi connectivity index (χ0) is 18.4. The van der Waals surface area contributed by atoms with Crippen molar-refractivity contribution in [2.24, 2.45) is 0 Å². The van der Waals surface area contributed by atoms with Crippen molar-refractivity contribution < 1.29 is 25.2 Å². The van der Waals surface area contributed by atoms with Crippen LogP contribution in [0.3, 0.4) is 0 Å². The maximum atomic E-state index is 10.4. The molecule has 0 saturated carbocycles. The Balaban J connectivity index is 2.24. The number of aliphatic hydroxyl groups is 4. The van der Waals surface area contributed by atoms with Crippen LogP contribution in [0.2, 0.25) is 0 Å². The summed E-state index contributed by atoms with van der Waals surface area (Å²) in [4.78, 5) is 1.27. The van der Waals surface area contributed by atoms with Crippen LogP contribution in [0, 0.1) is 6.92 Å². The van der Waals surface area contributed by atoms with Crippen molar-refractivity contribution in [3.63, 3.8) is 0 Å². The van der Waals surface area contributed by atoms with Gasteiger partial charge in [-0.3, -0.25) is 0 Å². The van der Waals surface area contributed by atoms with E-state index in [1.807, 2.05) is 24.3 Å². The molecule has 0 bridgehead atoms. The van der Waals surface area contributed by atoms with Gasteiger partial charge in [0.1, 0.15) is 18.3 Å². The molecule has 0 radical (unpaired) electrons. The first-order valence-electron chi connectivity index (χ1n) is 8.32. The van der Waals surface area contributed by atoms with Gasteiger partial charge in [-0.15, -0.1) is 11.3 Å². The second kappa shape index (κ2) is 9.43. The van der Waals surface area contributed by atoms with Gasteiger partial charge in [-0.05, 0) is 42.0 Å². The molecule has 1 aromatic carbocycles. The minimum atomic E-state index is -1.34. The summed E-state index contributed by atoms with van der Waals surface area (Å²) in [5.41, 5.74) is 3.01. The van der Waals surface area contributed by atoms with Crippen LogP contribution in [-0.4, -0.2) is 52.0 Å². The van der Waals surface area contributed by atoms with Gasteiger partial charge in [0.05, 0.1) is 19.3 Å². The molecule has 138 valence electrons. The Morgan fingerprint density at radius 1 is 1.12 bits per heavy atom. The van der Waals surface area contributed by atoms with Crippen LogP contribution in [-0.2, 0) is 11.2 Å². The molecule has 2 aromatic rings. The fraction of sp³-hybridized carbons (Fsp3) is 0.474. The lowest BCUT2D eigenvalue weighted by Crippen LogP contribution is -2.40. The Hall–Kier alpha value is -1.28. The van der Waals surface area contributed by atoms with E-state index in [2.05, 4.69) is 18.4 Å². The first kappa shape index (κ1) is 20.0. The summed E-state index contributed by atoms with van der Waals surface area (Å²) in [5, 5.41) is 41.0. The van der Waals surface area contributed by atoms with Crippen molar-refractivity contribution >= 4 is 11.3 Å². The third kappa shape index (κ3) is 5.34. The van der Waals surface area contributed by atoms with Gasteiger partial charge in [0.25, 0.3) is 0 Å². The third-order valence-corrected chi connectivity index (χ3v) is 5.18. The van der Waals surface area contributed by atoms with Gasteiger partial charge in [0.15, 0.2) is 0 Å². The number of hydrogen-bond donors (Lipinski definition) is 4. The van der Waals surface area contributed by atoms with E-state index in [0.29, 0.717) is 5.56 Å². The zero-order valence-corrected chi connectivity index (χ0v) is 15.3. The first-order valence-corrected chi connectivity index (χ1v) is 9.20. The lowest BCUT2D eigenvalue weighted by molar-refractivity contribution is -0.125. The van der Waals surface area contributed by atoms with Gasteiger partial charge >= 0.3 is 0 Å². The summed E-state index contributed by atoms with van der Waals surface area (Å²) >= 11 is 1.70. The Labute approximate surface area is 152 Å². The van der Waals surface area contributed by atoms with Gasteiger partial charge in [0.2, 0.25) is 0 Å². The van der Waals surface area contributed by atoms with Crippen LogP contribution in [0.25, 0.3) is 0 Å². The largest absolute Gasteiger partial charge is 0.394 e. The van der Waals surface area contributed by atoms with Crippen molar-refractivity contribution in [3.8, 4) is 0 Å². The van der Waals surface area contributed by atoms with E-state index in [0.717, 1.165) is 12.0 Å². The average molecular weight is 366 g/mol. The van der Waals surface area contributed by atoms with E-state index in [9.17, 15) is 15.3 Å². The Bertz CT molecular complexity index is 655. The van der Waals surface area contributed by atoms with Crippen molar-refractivity contribution in [1.29, 1.82) is 0 Å². The van der Waals surface area contributed by atoms with Crippen LogP contribution in [0.15, 0.2) is 35.7 Å². The highest BCUT2D eigenvalue weighted by molar-refractivity contribution is 7.10. The van der Waals surface area contributed by atoms with Gasteiger partial charge in [0, 0.05) is 11.3 Å². The predicted molar refractivity (Wildman–Crippen MR) is 97.8 cm³/mol. The SMILES string of the molecule is Cc1ccsc1Cc1cccc([C@H](OCCO)[C@H](O)C(O)[C@@H](C)O)c1. The topological polar surface area (TPSA) is 90.2 Å². The van der Waals surface area contributed by atoms with E-state index in [1.54, 1.807) is 11.3 Å². The predicted octanol–water partition coefficient (Wildman–Crippen LogP) is 1.80. The number of rotatable bonds is 9. The summed E-state index contributed by atoms with van der Waals surface area (Å²) in [6.45, 7) is 3.32. The molecule has 25 heavy (non-hydrogen) atoms. The van der Waals surface area contributed by atoms with E-state index in [-0.39, 0.29) is 13.2 Å². The number of hydrogen-bond acceptors (Lipinski definition) is 6. The fourth-order valence-electron chi connectivity index (χ4n) is 2.69. The molecule has 6 heteroatoms. The summed E-state index contributed by atoms with van der Waals surface area (Å²) < 4.78 is 5.56. The van der Waals surface area contributed by atoms with Gasteiger partial charge in [-0.2, -0.15) is 0 Å². The monoisotopic (exact) mass is 366 g/mol. The van der Waals surface area contributed by atoms with Gasteiger partial charge < -0.3 is 25.2 Å². The number of benzene rings is 1. The molecule has 1 unspecified atom stereocenters. The second-order valence-electron chi connectivity index (χ2n) is 6.19. The summed E-state index contributed by atoms with van der Waals surface area (Å²) in [7, 11) is 0. The van der Waals surface area contributed by atoms with Crippen molar-refractivity contribution in [3.05, 3.63) is 57.3 Å². The first-order chi connectivity index (χ1) is 11.9. The lowest BCUT2D eigenvalue weighted by atomic mass is 9.95. The summed E-state index contributed by atoms with van der Waals surface area (Å²) in [6, 6.07) is 9.71. The van der Waals surface area contributed by atoms with E-state index >= 15 is 0 Å². The molecule has 2 rings (SSSR count). The Kier molecular flexibility index (Phi) is 7.56. The Morgan fingerprint density at radius 2 is 1.88 bits per heavy atom. The van der Waals surface area contributed by atoms with Crippen molar-refractivity contribution in [1.82, 2.24) is 0 Å². The van der Waals surface area contributed by atoms with Crippen molar-refractivity contribution in [2.75, 3.05) is 13.2 Å². The minimum Gasteiger partial charge on any atom is -0.394 e. The van der Waals surface area contributed by atoms with Crippen LogP contribution >= 0.6 is 11.3 Å². The number of thiophene rings is 1. The molecule has 5 nitrogen and oxygen atoms in total. The summed E-state index contributed by atoms with van der Waals surface area (Å²) in [5.74, 6) is 0. The molecule has 4 atom stereocenters. The molecule has 0 aliphatic rings. The smallest absolute Gasteiger partial charge is 0.113 e. The molecule has 0 spiro atoms. The maximum absolute atomic E-state index is 10.4. The second-order valence-corrected chi connectivity index (χ2v) is 7.19. The highest BCUT2D eigenvalue weighted by Crippen LogP contribution is 2.27. The number of ether oxygens (including phenoxy) is 1. The fourth-order valence-corrected chi connectivity index (χ4v) is 3.63. The molecular weight excluding hydrogens is 340 g/mol. The molecule has 0 aliphatic heterocycles. The minimum absolute atomic E-state index is 0.0303. The van der Waals surface area contributed by atoms with Crippen molar-refractivity contribution in [2.45, 2.75) is 44.7 Å². The number of aryl methyl sites for hydroxylation is 1. The van der Waals surface area contributed by atoms with Gasteiger partial charge in [-0.1, -0.05) is 24.3 Å². The quantitative estimate of drug-likeness (QED) is 0.543. The van der Waals surface area contributed by atoms with Crippen LogP contribution in [0.4, 0.5) is 0 Å². The van der Waals surface area contributed by atoms with E-state index < -0.39 is 24.4 Å². The molecule has 0 amide bonds. The average Bonchev–Trinajstić information content (AvgIpc) is 2.99. The van der Waals surface area contributed by atoms with E-state index in [4.69, 9.17) is 9.84 Å². The standard InChI is InChI=1S/C19H26O5S/c1-12-6-9-25-16(12)11-14-4-3-5-15(10-14)19(24-8-7-20)18(23)17(22)13(2)21/h3-6,9-10,13,17-23H,7-8,11H2,1-2H3/t13-,17?,18-,19+/m1/s1. The zero-order valence-electron chi connectivity index (χ0n) is 14.5. The Morgan fingerprint density at radius 3 is 2.48 bits per heavy atom. The molecule has 0 aliphatic carbocycles. The number of aliphatic hydroxyl groups excluding tert-OH is 4. The molecule has 1 heterocycles. The molecule has 0 saturated heterocycles. The maximum Gasteiger partial charge on any atom is 0.113 e. The highest BCUT2D eigenvalue weighted by Gasteiger charge is 2.31. The molecular formula is C19H26O5S. The third-order valence-electron chi connectivity index (χ3n) is 4.16. The highest BCUT2D eigenvalue weighted by atomic mass is 32.1. The van der Waals surface area contributed by atoms with Crippen LogP contribution < -0.4 is 0 Å². The van der Waals surface area contributed by atoms with E-state index in [1.165, 1.54) is 17.4 Å². The molecule has 0 fully saturated rings. The lowest BCUT2D eigenvalue weighted by Gasteiger charge is -2.29.